The molecular formula is C26H30N2O3. The summed E-state index contributed by atoms with van der Waals surface area (Å²) in [5.74, 6) is 0.0198. The zero-order valence-electron chi connectivity index (χ0n) is 17.9. The molecule has 0 radical (unpaired) electrons. The van der Waals surface area contributed by atoms with E-state index in [4.69, 9.17) is 4.74 Å². The monoisotopic (exact) mass is 418 g/mol. The van der Waals surface area contributed by atoms with Crippen molar-refractivity contribution >= 4 is 12.0 Å². The fourth-order valence-corrected chi connectivity index (χ4v) is 5.48. The van der Waals surface area contributed by atoms with Crippen LogP contribution in [0.1, 0.15) is 62.0 Å². The molecule has 1 heterocycles. The lowest BCUT2D eigenvalue weighted by Crippen LogP contribution is -2.49. The highest BCUT2D eigenvalue weighted by Crippen LogP contribution is 2.44. The molecule has 0 aromatic heterocycles. The number of nitrogens with zero attached hydrogens (tertiary/aromatic N) is 1. The van der Waals surface area contributed by atoms with Crippen molar-refractivity contribution in [3.63, 3.8) is 0 Å². The van der Waals surface area contributed by atoms with E-state index in [-0.39, 0.29) is 24.0 Å². The minimum Gasteiger partial charge on any atom is -0.448 e. The average Bonchev–Trinajstić information content (AvgIpc) is 3.42. The van der Waals surface area contributed by atoms with Crippen LogP contribution in [0, 0.1) is 0 Å². The Kier molecular flexibility index (Phi) is 5.66. The first-order chi connectivity index (χ1) is 15.2. The van der Waals surface area contributed by atoms with Crippen LogP contribution in [0.4, 0.5) is 4.79 Å². The minimum atomic E-state index is -0.405. The molecule has 0 spiro atoms. The number of fused-ring (bicyclic) bond motifs is 3. The molecule has 162 valence electrons. The molecule has 1 unspecified atom stereocenters. The number of nitrogens with one attached hydrogen (secondary N) is 1. The average molecular weight is 419 g/mol. The molecule has 1 aliphatic heterocycles. The van der Waals surface area contributed by atoms with Crippen LogP contribution in [-0.2, 0) is 9.53 Å². The topological polar surface area (TPSA) is 58.6 Å². The Morgan fingerprint density at radius 1 is 0.871 bits per heavy atom. The van der Waals surface area contributed by atoms with E-state index >= 15 is 0 Å². The molecule has 1 saturated carbocycles. The zero-order valence-corrected chi connectivity index (χ0v) is 17.9. The van der Waals surface area contributed by atoms with Gasteiger partial charge in [-0.05, 0) is 47.9 Å². The number of likely N-dealkylation sites (tertiary alicyclic amines) is 1. The number of ether oxygens (including phenoxy) is 1. The Morgan fingerprint density at radius 3 is 2.19 bits per heavy atom. The fourth-order valence-electron chi connectivity index (χ4n) is 5.48. The second-order valence-corrected chi connectivity index (χ2v) is 9.00. The summed E-state index contributed by atoms with van der Waals surface area (Å²) in [4.78, 5) is 27.4. The smallest absolute Gasteiger partial charge is 0.410 e. The highest BCUT2D eigenvalue weighted by atomic mass is 16.6. The summed E-state index contributed by atoms with van der Waals surface area (Å²) in [6.07, 6.45) is 6.87. The maximum absolute atomic E-state index is 13.0. The van der Waals surface area contributed by atoms with Crippen molar-refractivity contribution in [1.29, 1.82) is 0 Å². The summed E-state index contributed by atoms with van der Waals surface area (Å²) in [6.45, 7) is 0.875. The number of amides is 2. The van der Waals surface area contributed by atoms with Crippen molar-refractivity contribution in [2.24, 2.45) is 0 Å². The third-order valence-corrected chi connectivity index (χ3v) is 7.08. The minimum absolute atomic E-state index is 0.0158. The zero-order chi connectivity index (χ0) is 21.2. The summed E-state index contributed by atoms with van der Waals surface area (Å²) in [5, 5.41) is 3.18. The van der Waals surface area contributed by atoms with Crippen molar-refractivity contribution < 1.29 is 14.3 Å². The van der Waals surface area contributed by atoms with E-state index in [0.29, 0.717) is 19.6 Å². The summed E-state index contributed by atoms with van der Waals surface area (Å²) >= 11 is 0. The van der Waals surface area contributed by atoms with Gasteiger partial charge in [-0.1, -0.05) is 67.8 Å². The lowest BCUT2D eigenvalue weighted by Gasteiger charge is -2.28. The van der Waals surface area contributed by atoms with E-state index in [2.05, 4.69) is 29.6 Å². The molecule has 1 saturated heterocycles. The molecule has 1 atom stereocenters. The summed E-state index contributed by atoms with van der Waals surface area (Å²) in [6, 6.07) is 16.5. The molecule has 5 rings (SSSR count). The maximum atomic E-state index is 13.0. The molecule has 1 N–H and O–H groups in total. The Balaban J connectivity index is 1.24. The van der Waals surface area contributed by atoms with E-state index in [1.807, 2.05) is 24.3 Å². The van der Waals surface area contributed by atoms with Gasteiger partial charge in [0.05, 0.1) is 0 Å². The number of rotatable bonds is 4. The number of carbonyl (C=O) groups is 2. The van der Waals surface area contributed by atoms with Crippen molar-refractivity contribution in [1.82, 2.24) is 10.2 Å². The van der Waals surface area contributed by atoms with Gasteiger partial charge in [0.1, 0.15) is 12.6 Å². The number of carbonyl (C=O) groups excluding carboxylic acids is 2. The number of hydrogen-bond acceptors (Lipinski definition) is 3. The number of benzene rings is 2. The van der Waals surface area contributed by atoms with E-state index in [0.717, 1.165) is 19.3 Å². The van der Waals surface area contributed by atoms with Crippen LogP contribution in [0.25, 0.3) is 11.1 Å². The van der Waals surface area contributed by atoms with Crippen LogP contribution in [0.5, 0.6) is 0 Å². The van der Waals surface area contributed by atoms with Gasteiger partial charge < -0.3 is 10.1 Å². The lowest BCUT2D eigenvalue weighted by molar-refractivity contribution is -0.126. The molecule has 2 fully saturated rings. The maximum Gasteiger partial charge on any atom is 0.410 e. The van der Waals surface area contributed by atoms with Gasteiger partial charge >= 0.3 is 6.09 Å². The third-order valence-electron chi connectivity index (χ3n) is 7.08. The first-order valence-electron chi connectivity index (χ1n) is 11.6. The normalized spacial score (nSPS) is 20.9. The van der Waals surface area contributed by atoms with Crippen molar-refractivity contribution in [2.45, 2.75) is 62.9 Å². The largest absolute Gasteiger partial charge is 0.448 e. The van der Waals surface area contributed by atoms with Gasteiger partial charge in [-0.25, -0.2) is 4.79 Å². The second kappa shape index (κ2) is 8.74. The van der Waals surface area contributed by atoms with Gasteiger partial charge in [0.15, 0.2) is 0 Å². The molecule has 2 amide bonds. The molecule has 5 nitrogen and oxygen atoms in total. The Hall–Kier alpha value is -2.82. The van der Waals surface area contributed by atoms with E-state index in [1.165, 1.54) is 41.5 Å². The van der Waals surface area contributed by atoms with Gasteiger partial charge in [0.25, 0.3) is 0 Å². The Morgan fingerprint density at radius 2 is 1.52 bits per heavy atom. The van der Waals surface area contributed by atoms with Gasteiger partial charge in [-0.2, -0.15) is 0 Å². The summed E-state index contributed by atoms with van der Waals surface area (Å²) in [7, 11) is 0. The quantitative estimate of drug-likeness (QED) is 0.772. The predicted molar refractivity (Wildman–Crippen MR) is 120 cm³/mol. The number of hydrogen-bond donors (Lipinski definition) is 1. The lowest BCUT2D eigenvalue weighted by atomic mass is 9.95. The van der Waals surface area contributed by atoms with Crippen LogP contribution in [0.15, 0.2) is 48.5 Å². The predicted octanol–water partition coefficient (Wildman–Crippen LogP) is 4.85. The van der Waals surface area contributed by atoms with Gasteiger partial charge in [0, 0.05) is 18.5 Å². The van der Waals surface area contributed by atoms with Crippen LogP contribution >= 0.6 is 0 Å². The molecule has 2 aromatic carbocycles. The molecule has 3 aliphatic rings. The van der Waals surface area contributed by atoms with Crippen molar-refractivity contribution in [2.75, 3.05) is 13.2 Å². The first kappa shape index (κ1) is 20.1. The Bertz CT molecular complexity index is 921. The van der Waals surface area contributed by atoms with Crippen LogP contribution in [0.2, 0.25) is 0 Å². The molecule has 2 aliphatic carbocycles. The fraction of sp³-hybridized carbons (Fsp3) is 0.462. The summed E-state index contributed by atoms with van der Waals surface area (Å²) < 4.78 is 5.80. The molecule has 5 heteroatoms. The van der Waals surface area contributed by atoms with Crippen LogP contribution in [0.3, 0.4) is 0 Å². The standard InChI is InChI=1S/C26H30N2O3/c29-25(27-18-9-2-1-3-10-18)24-15-8-16-28(24)26(30)31-17-23-21-13-6-4-11-19(21)20-12-5-7-14-22(20)23/h4-7,11-14,18,23-24H,1-3,8-10,15-17H2,(H,27,29). The van der Waals surface area contributed by atoms with E-state index < -0.39 is 6.04 Å². The van der Waals surface area contributed by atoms with Gasteiger partial charge in [-0.15, -0.1) is 0 Å². The summed E-state index contributed by atoms with van der Waals surface area (Å²) in [5.41, 5.74) is 4.82. The SMILES string of the molecule is O=C(NC1CCCCC1)C1CCCN1C(=O)OCC1c2ccccc2-c2ccccc21. The van der Waals surface area contributed by atoms with Crippen molar-refractivity contribution in [3.8, 4) is 11.1 Å². The first-order valence-corrected chi connectivity index (χ1v) is 11.6. The molecule has 31 heavy (non-hydrogen) atoms. The van der Waals surface area contributed by atoms with Crippen LogP contribution in [-0.4, -0.2) is 42.1 Å². The highest BCUT2D eigenvalue weighted by Gasteiger charge is 2.37. The van der Waals surface area contributed by atoms with Gasteiger partial charge in [-0.3, -0.25) is 9.69 Å². The van der Waals surface area contributed by atoms with Crippen LogP contribution < -0.4 is 5.32 Å². The molecule has 2 aromatic rings. The molecular weight excluding hydrogens is 388 g/mol. The van der Waals surface area contributed by atoms with E-state index in [1.54, 1.807) is 4.90 Å². The van der Waals surface area contributed by atoms with E-state index in [9.17, 15) is 9.59 Å². The third kappa shape index (κ3) is 3.93. The second-order valence-electron chi connectivity index (χ2n) is 9.00. The van der Waals surface area contributed by atoms with Gasteiger partial charge in [0.2, 0.25) is 5.91 Å². The highest BCUT2D eigenvalue weighted by molar-refractivity contribution is 5.86. The van der Waals surface area contributed by atoms with Crippen molar-refractivity contribution in [3.05, 3.63) is 59.7 Å². The Labute approximate surface area is 183 Å². The molecule has 0 bridgehead atoms.